The number of halogens is 1. The fourth-order valence-electron chi connectivity index (χ4n) is 1.63. The Hall–Kier alpha value is -2.11. The van der Waals surface area contributed by atoms with Crippen LogP contribution in [0.3, 0.4) is 0 Å². The molecule has 0 saturated heterocycles. The number of rotatable bonds is 8. The third-order valence-electron chi connectivity index (χ3n) is 2.60. The fraction of sp³-hybridized carbons (Fsp3) is 0.429. The van der Waals surface area contributed by atoms with E-state index >= 15 is 0 Å². The molecule has 1 unspecified atom stereocenters. The summed E-state index contributed by atoms with van der Waals surface area (Å²) in [5.74, 6) is -1.53. The first-order valence-electron chi connectivity index (χ1n) is 6.43. The zero-order valence-corrected chi connectivity index (χ0v) is 11.3. The van der Waals surface area contributed by atoms with E-state index in [-0.39, 0.29) is 13.0 Å². The molecule has 1 rings (SSSR count). The van der Waals surface area contributed by atoms with Crippen LogP contribution in [0.4, 0.5) is 4.39 Å². The van der Waals surface area contributed by atoms with Gasteiger partial charge in [0.25, 0.3) is 0 Å². The van der Waals surface area contributed by atoms with Crippen LogP contribution < -0.4 is 10.1 Å². The second-order valence-electron chi connectivity index (χ2n) is 4.30. The van der Waals surface area contributed by atoms with Crippen molar-refractivity contribution < 1.29 is 23.8 Å². The van der Waals surface area contributed by atoms with Crippen molar-refractivity contribution in [2.75, 3.05) is 6.61 Å². The summed E-state index contributed by atoms with van der Waals surface area (Å²) in [7, 11) is 0. The highest BCUT2D eigenvalue weighted by Crippen LogP contribution is 2.11. The minimum Gasteiger partial charge on any atom is -0.493 e. The van der Waals surface area contributed by atoms with Crippen LogP contribution in [0.15, 0.2) is 24.3 Å². The molecule has 0 fully saturated rings. The molecule has 6 heteroatoms. The number of hydrogen-bond acceptors (Lipinski definition) is 3. The number of ether oxygens (including phenoxy) is 1. The van der Waals surface area contributed by atoms with Crippen LogP contribution in [0.1, 0.15) is 26.2 Å². The van der Waals surface area contributed by atoms with Gasteiger partial charge in [-0.2, -0.15) is 0 Å². The molecule has 0 heterocycles. The number of carboxylic acids is 1. The maximum Gasteiger partial charge on any atom is 0.326 e. The molecule has 1 amide bonds. The Morgan fingerprint density at radius 3 is 2.80 bits per heavy atom. The van der Waals surface area contributed by atoms with Crippen molar-refractivity contribution in [3.05, 3.63) is 30.1 Å². The lowest BCUT2D eigenvalue weighted by Crippen LogP contribution is -2.41. The zero-order chi connectivity index (χ0) is 15.0. The maximum absolute atomic E-state index is 12.9. The van der Waals surface area contributed by atoms with Crippen molar-refractivity contribution in [3.8, 4) is 5.75 Å². The quantitative estimate of drug-likeness (QED) is 0.764. The summed E-state index contributed by atoms with van der Waals surface area (Å²) in [5, 5.41) is 11.3. The maximum atomic E-state index is 12.9. The van der Waals surface area contributed by atoms with Crippen LogP contribution in [-0.2, 0) is 9.59 Å². The largest absolute Gasteiger partial charge is 0.493 e. The summed E-state index contributed by atoms with van der Waals surface area (Å²) in [6.07, 6.45) is 1.06. The number of carbonyl (C=O) groups is 2. The van der Waals surface area contributed by atoms with E-state index in [9.17, 15) is 14.0 Å². The Kier molecular flexibility index (Phi) is 6.49. The average Bonchev–Trinajstić information content (AvgIpc) is 2.38. The van der Waals surface area contributed by atoms with Gasteiger partial charge in [-0.15, -0.1) is 0 Å². The molecule has 5 nitrogen and oxygen atoms in total. The van der Waals surface area contributed by atoms with E-state index in [4.69, 9.17) is 9.84 Å². The van der Waals surface area contributed by atoms with Gasteiger partial charge in [-0.25, -0.2) is 9.18 Å². The molecule has 0 aliphatic heterocycles. The summed E-state index contributed by atoms with van der Waals surface area (Å²) in [4.78, 5) is 22.4. The molecule has 0 aliphatic carbocycles. The summed E-state index contributed by atoms with van der Waals surface area (Å²) in [6.45, 7) is 1.91. The molecule has 0 radical (unpaired) electrons. The van der Waals surface area contributed by atoms with Crippen molar-refractivity contribution in [1.82, 2.24) is 5.32 Å². The smallest absolute Gasteiger partial charge is 0.326 e. The summed E-state index contributed by atoms with van der Waals surface area (Å²) in [5.41, 5.74) is 0. The van der Waals surface area contributed by atoms with Gasteiger partial charge in [-0.3, -0.25) is 4.79 Å². The van der Waals surface area contributed by atoms with Gasteiger partial charge in [0.15, 0.2) is 0 Å². The fourth-order valence-corrected chi connectivity index (χ4v) is 1.63. The van der Waals surface area contributed by atoms with Crippen molar-refractivity contribution >= 4 is 11.9 Å². The van der Waals surface area contributed by atoms with Crippen LogP contribution in [0.2, 0.25) is 0 Å². The average molecular weight is 283 g/mol. The van der Waals surface area contributed by atoms with Crippen molar-refractivity contribution in [1.29, 1.82) is 0 Å². The number of amides is 1. The van der Waals surface area contributed by atoms with Crippen LogP contribution in [0.5, 0.6) is 5.75 Å². The molecular formula is C14H18FNO4. The molecule has 0 saturated carbocycles. The number of aliphatic carboxylic acids is 1. The van der Waals surface area contributed by atoms with Crippen LogP contribution >= 0.6 is 0 Å². The van der Waals surface area contributed by atoms with Gasteiger partial charge in [0.2, 0.25) is 5.91 Å². The van der Waals surface area contributed by atoms with Gasteiger partial charge in [0, 0.05) is 6.07 Å². The van der Waals surface area contributed by atoms with E-state index in [1.54, 1.807) is 6.07 Å². The van der Waals surface area contributed by atoms with E-state index in [0.717, 1.165) is 0 Å². The second kappa shape index (κ2) is 8.14. The number of benzene rings is 1. The SMILES string of the molecule is CCCC(NC(=O)CCOc1cccc(F)c1)C(=O)O. The minimum atomic E-state index is -1.05. The number of hydrogen-bond donors (Lipinski definition) is 2. The molecule has 1 aromatic rings. The van der Waals surface area contributed by atoms with E-state index in [1.165, 1.54) is 18.2 Å². The first kappa shape index (κ1) is 15.9. The Morgan fingerprint density at radius 1 is 1.45 bits per heavy atom. The third-order valence-corrected chi connectivity index (χ3v) is 2.60. The molecule has 20 heavy (non-hydrogen) atoms. The van der Waals surface area contributed by atoms with Crippen molar-refractivity contribution in [3.63, 3.8) is 0 Å². The van der Waals surface area contributed by atoms with Crippen LogP contribution in [-0.4, -0.2) is 29.6 Å². The number of nitrogens with one attached hydrogen (secondary N) is 1. The topological polar surface area (TPSA) is 75.6 Å². The molecule has 1 atom stereocenters. The monoisotopic (exact) mass is 283 g/mol. The molecule has 0 aliphatic rings. The first-order valence-corrected chi connectivity index (χ1v) is 6.43. The highest BCUT2D eigenvalue weighted by atomic mass is 19.1. The number of carbonyl (C=O) groups excluding carboxylic acids is 1. The van der Waals surface area contributed by atoms with Crippen molar-refractivity contribution in [2.24, 2.45) is 0 Å². The predicted octanol–water partition coefficient (Wildman–Crippen LogP) is 1.96. The molecule has 1 aromatic carbocycles. The lowest BCUT2D eigenvalue weighted by atomic mass is 10.1. The van der Waals surface area contributed by atoms with Gasteiger partial charge in [-0.1, -0.05) is 19.4 Å². The van der Waals surface area contributed by atoms with Gasteiger partial charge in [0.05, 0.1) is 13.0 Å². The molecule has 0 aromatic heterocycles. The number of carboxylic acid groups (broad SMARTS) is 1. The first-order chi connectivity index (χ1) is 9.52. The lowest BCUT2D eigenvalue weighted by Gasteiger charge is -2.13. The normalized spacial score (nSPS) is 11.7. The van der Waals surface area contributed by atoms with E-state index in [0.29, 0.717) is 18.6 Å². The standard InChI is InChI=1S/C14H18FNO4/c1-2-4-12(14(18)19)16-13(17)7-8-20-11-6-3-5-10(15)9-11/h3,5-6,9,12H,2,4,7-8H2,1H3,(H,16,17)(H,18,19). The second-order valence-corrected chi connectivity index (χ2v) is 4.30. The van der Waals surface area contributed by atoms with Gasteiger partial charge >= 0.3 is 5.97 Å². The van der Waals surface area contributed by atoms with E-state index in [2.05, 4.69) is 5.32 Å². The Labute approximate surface area is 116 Å². The van der Waals surface area contributed by atoms with Gasteiger partial charge in [-0.05, 0) is 18.6 Å². The predicted molar refractivity (Wildman–Crippen MR) is 71.0 cm³/mol. The van der Waals surface area contributed by atoms with Gasteiger partial charge in [0.1, 0.15) is 17.6 Å². The zero-order valence-electron chi connectivity index (χ0n) is 11.3. The Balaban J connectivity index is 2.34. The van der Waals surface area contributed by atoms with Crippen LogP contribution in [0, 0.1) is 5.82 Å². The highest BCUT2D eigenvalue weighted by Gasteiger charge is 2.18. The third kappa shape index (κ3) is 5.69. The summed E-state index contributed by atoms with van der Waals surface area (Å²) >= 11 is 0. The highest BCUT2D eigenvalue weighted by molar-refractivity contribution is 5.83. The van der Waals surface area contributed by atoms with Gasteiger partial charge < -0.3 is 15.2 Å². The molecule has 110 valence electrons. The molecule has 0 spiro atoms. The van der Waals surface area contributed by atoms with Crippen LogP contribution in [0.25, 0.3) is 0 Å². The molecular weight excluding hydrogens is 265 g/mol. The summed E-state index contributed by atoms with van der Waals surface area (Å²) in [6, 6.07) is 4.73. The van der Waals surface area contributed by atoms with E-state index < -0.39 is 23.7 Å². The lowest BCUT2D eigenvalue weighted by molar-refractivity contribution is -0.142. The summed E-state index contributed by atoms with van der Waals surface area (Å²) < 4.78 is 18.1. The van der Waals surface area contributed by atoms with E-state index in [1.807, 2.05) is 6.92 Å². The van der Waals surface area contributed by atoms with Crippen molar-refractivity contribution in [2.45, 2.75) is 32.2 Å². The molecule has 0 bridgehead atoms. The Morgan fingerprint density at radius 2 is 2.20 bits per heavy atom. The minimum absolute atomic E-state index is 0.0179. The molecule has 2 N–H and O–H groups in total. The Bertz CT molecular complexity index is 464.